The second-order valence-electron chi connectivity index (χ2n) is 6.43. The largest absolute Gasteiger partial charge is 0.573 e. The van der Waals surface area contributed by atoms with Crippen LogP contribution in [0.2, 0.25) is 0 Å². The van der Waals surface area contributed by atoms with Crippen LogP contribution in [0.4, 0.5) is 18.9 Å². The number of nitrogens with two attached hydrogens (primary N) is 1. The van der Waals surface area contributed by atoms with Gasteiger partial charge in [0.1, 0.15) is 11.9 Å². The van der Waals surface area contributed by atoms with Gasteiger partial charge in [0.25, 0.3) is 0 Å². The highest BCUT2D eigenvalue weighted by Gasteiger charge is 2.30. The predicted molar refractivity (Wildman–Crippen MR) is 115 cm³/mol. The van der Waals surface area contributed by atoms with Crippen molar-refractivity contribution in [1.82, 2.24) is 4.98 Å². The average molecular weight is 522 g/mol. The second kappa shape index (κ2) is 10.5. The highest BCUT2D eigenvalue weighted by molar-refractivity contribution is 14.0. The van der Waals surface area contributed by atoms with E-state index in [-0.39, 0.29) is 41.8 Å². The number of aromatic nitrogens is 1. The fraction of sp³-hybridized carbons (Fsp3) is 0.368. The Morgan fingerprint density at radius 1 is 1.14 bits per heavy atom. The van der Waals surface area contributed by atoms with Gasteiger partial charge in [-0.3, -0.25) is 0 Å². The Balaban J connectivity index is 0.00000300. The second-order valence-corrected chi connectivity index (χ2v) is 6.43. The van der Waals surface area contributed by atoms with Crippen LogP contribution in [0.5, 0.6) is 11.6 Å². The van der Waals surface area contributed by atoms with Crippen molar-refractivity contribution in [3.8, 4) is 11.6 Å². The Kier molecular flexibility index (Phi) is 8.35. The first-order chi connectivity index (χ1) is 13.4. The van der Waals surface area contributed by atoms with Crippen molar-refractivity contribution in [2.75, 3.05) is 5.32 Å². The summed E-state index contributed by atoms with van der Waals surface area (Å²) in [5.41, 5.74) is 7.17. The predicted octanol–water partition coefficient (Wildman–Crippen LogP) is 4.85. The Morgan fingerprint density at radius 2 is 1.83 bits per heavy atom. The number of hydrogen-bond acceptors (Lipinski definition) is 4. The molecular weight excluding hydrogens is 500 g/mol. The number of benzene rings is 1. The van der Waals surface area contributed by atoms with Crippen LogP contribution in [-0.2, 0) is 6.54 Å². The van der Waals surface area contributed by atoms with Crippen molar-refractivity contribution in [2.45, 2.75) is 44.7 Å². The van der Waals surface area contributed by atoms with E-state index in [0.29, 0.717) is 18.1 Å². The van der Waals surface area contributed by atoms with E-state index in [1.807, 2.05) is 12.1 Å². The molecule has 0 bridgehead atoms. The lowest BCUT2D eigenvalue weighted by atomic mass is 10.3. The lowest BCUT2D eigenvalue weighted by Crippen LogP contribution is -2.22. The molecule has 3 N–H and O–H groups in total. The molecule has 1 fully saturated rings. The van der Waals surface area contributed by atoms with Crippen LogP contribution < -0.4 is 20.5 Å². The van der Waals surface area contributed by atoms with Crippen LogP contribution in [0.25, 0.3) is 0 Å². The van der Waals surface area contributed by atoms with E-state index in [2.05, 4.69) is 20.0 Å². The van der Waals surface area contributed by atoms with Crippen LogP contribution in [0.15, 0.2) is 47.6 Å². The molecule has 0 aliphatic heterocycles. The summed E-state index contributed by atoms with van der Waals surface area (Å²) < 4.78 is 46.1. The SMILES string of the molecule is I.NC(=NCc1ccc(OC2CCCC2)nc1)Nc1ccc(OC(F)(F)F)cc1. The van der Waals surface area contributed by atoms with Crippen LogP contribution in [0.1, 0.15) is 31.2 Å². The number of guanidine groups is 1. The van der Waals surface area contributed by atoms with Crippen LogP contribution in [-0.4, -0.2) is 23.4 Å². The molecule has 0 saturated heterocycles. The van der Waals surface area contributed by atoms with Gasteiger partial charge in [0.05, 0.1) is 6.54 Å². The van der Waals surface area contributed by atoms with Crippen molar-refractivity contribution in [3.05, 3.63) is 48.2 Å². The van der Waals surface area contributed by atoms with Gasteiger partial charge in [-0.25, -0.2) is 9.98 Å². The minimum absolute atomic E-state index is 0. The number of nitrogens with one attached hydrogen (secondary N) is 1. The zero-order chi connectivity index (χ0) is 20.0. The highest BCUT2D eigenvalue weighted by Crippen LogP contribution is 2.24. The molecule has 1 saturated carbocycles. The van der Waals surface area contributed by atoms with E-state index in [0.717, 1.165) is 18.4 Å². The van der Waals surface area contributed by atoms with Gasteiger partial charge in [-0.15, -0.1) is 37.1 Å². The van der Waals surface area contributed by atoms with Gasteiger partial charge in [-0.2, -0.15) is 0 Å². The van der Waals surface area contributed by atoms with Crippen molar-refractivity contribution in [3.63, 3.8) is 0 Å². The normalized spacial score (nSPS) is 14.9. The molecule has 0 atom stereocenters. The third-order valence-electron chi connectivity index (χ3n) is 4.18. The molecule has 0 spiro atoms. The molecule has 1 aliphatic rings. The Hall–Kier alpha value is -2.24. The van der Waals surface area contributed by atoms with Gasteiger partial charge >= 0.3 is 6.36 Å². The lowest BCUT2D eigenvalue weighted by molar-refractivity contribution is -0.274. The molecule has 1 heterocycles. The molecule has 0 unspecified atom stereocenters. The summed E-state index contributed by atoms with van der Waals surface area (Å²) >= 11 is 0. The molecule has 2 aromatic rings. The van der Waals surface area contributed by atoms with Gasteiger partial charge < -0.3 is 20.5 Å². The zero-order valence-corrected chi connectivity index (χ0v) is 17.8. The number of rotatable bonds is 6. The average Bonchev–Trinajstić information content (AvgIpc) is 3.15. The molecule has 29 heavy (non-hydrogen) atoms. The van der Waals surface area contributed by atoms with Gasteiger partial charge in [0, 0.05) is 18.0 Å². The minimum atomic E-state index is -4.72. The molecule has 10 heteroatoms. The number of aliphatic imine (C=N–C) groups is 1. The molecule has 1 aromatic heterocycles. The number of anilines is 1. The molecule has 1 aliphatic carbocycles. The van der Waals surface area contributed by atoms with E-state index < -0.39 is 6.36 Å². The van der Waals surface area contributed by atoms with E-state index in [4.69, 9.17) is 10.5 Å². The Bertz CT molecular complexity index is 793. The van der Waals surface area contributed by atoms with Crippen molar-refractivity contribution in [1.29, 1.82) is 0 Å². The fourth-order valence-corrected chi connectivity index (χ4v) is 2.85. The van der Waals surface area contributed by atoms with Gasteiger partial charge in [-0.05, 0) is 55.5 Å². The molecular formula is C19H22F3IN4O2. The van der Waals surface area contributed by atoms with Crippen molar-refractivity contribution >= 4 is 35.6 Å². The van der Waals surface area contributed by atoms with Crippen molar-refractivity contribution < 1.29 is 22.6 Å². The smallest absolute Gasteiger partial charge is 0.474 e. The summed E-state index contributed by atoms with van der Waals surface area (Å²) in [5, 5.41) is 2.81. The fourth-order valence-electron chi connectivity index (χ4n) is 2.85. The number of hydrogen-bond donors (Lipinski definition) is 2. The Morgan fingerprint density at radius 3 is 2.41 bits per heavy atom. The first-order valence-corrected chi connectivity index (χ1v) is 8.92. The molecule has 0 amide bonds. The van der Waals surface area contributed by atoms with E-state index >= 15 is 0 Å². The molecule has 1 aromatic carbocycles. The highest BCUT2D eigenvalue weighted by atomic mass is 127. The maximum absolute atomic E-state index is 12.1. The van der Waals surface area contributed by atoms with Gasteiger partial charge in [0.2, 0.25) is 5.88 Å². The lowest BCUT2D eigenvalue weighted by Gasteiger charge is -2.12. The third kappa shape index (κ3) is 7.95. The zero-order valence-electron chi connectivity index (χ0n) is 15.5. The summed E-state index contributed by atoms with van der Waals surface area (Å²) in [5.74, 6) is 0.433. The topological polar surface area (TPSA) is 81.8 Å². The summed E-state index contributed by atoms with van der Waals surface area (Å²) in [6, 6.07) is 8.90. The number of nitrogens with zero attached hydrogens (tertiary/aromatic N) is 2. The summed E-state index contributed by atoms with van der Waals surface area (Å²) in [7, 11) is 0. The van der Waals surface area contributed by atoms with Crippen LogP contribution in [0, 0.1) is 0 Å². The first kappa shape index (κ1) is 23.0. The van der Waals surface area contributed by atoms with Gasteiger partial charge in [0.15, 0.2) is 5.96 Å². The molecule has 6 nitrogen and oxygen atoms in total. The number of ether oxygens (including phenoxy) is 2. The third-order valence-corrected chi connectivity index (χ3v) is 4.18. The Labute approximate surface area is 183 Å². The van der Waals surface area contributed by atoms with E-state index in [1.165, 1.54) is 37.1 Å². The van der Waals surface area contributed by atoms with Crippen LogP contribution in [0.3, 0.4) is 0 Å². The van der Waals surface area contributed by atoms with Gasteiger partial charge in [-0.1, -0.05) is 6.07 Å². The minimum Gasteiger partial charge on any atom is -0.474 e. The number of pyridine rings is 1. The maximum atomic E-state index is 12.1. The first-order valence-electron chi connectivity index (χ1n) is 8.92. The molecule has 158 valence electrons. The number of halogens is 4. The van der Waals surface area contributed by atoms with Crippen molar-refractivity contribution in [2.24, 2.45) is 10.7 Å². The summed E-state index contributed by atoms with van der Waals surface area (Å²) in [6.07, 6.45) is 1.75. The monoisotopic (exact) mass is 522 g/mol. The molecule has 3 rings (SSSR count). The summed E-state index contributed by atoms with van der Waals surface area (Å²) in [4.78, 5) is 8.48. The van der Waals surface area contributed by atoms with E-state index in [9.17, 15) is 13.2 Å². The van der Waals surface area contributed by atoms with E-state index in [1.54, 1.807) is 6.20 Å². The molecule has 0 radical (unpaired) electrons. The standard InChI is InChI=1S/C19H21F3N4O2.HI/c20-19(21,22)28-16-8-6-14(7-9-16)26-18(23)25-12-13-5-10-17(24-11-13)27-15-3-1-2-4-15;/h5-11,15H,1-4,12H2,(H3,23,25,26);1H. The summed E-state index contributed by atoms with van der Waals surface area (Å²) in [6.45, 7) is 0.310. The van der Waals surface area contributed by atoms with Crippen LogP contribution >= 0.6 is 24.0 Å². The maximum Gasteiger partial charge on any atom is 0.573 e. The quantitative estimate of drug-likeness (QED) is 0.322. The number of alkyl halides is 3.